The molecule has 0 amide bonds. The van der Waals surface area contributed by atoms with Gasteiger partial charge in [-0.2, -0.15) is 0 Å². The fourth-order valence-corrected chi connectivity index (χ4v) is 3.30. The summed E-state index contributed by atoms with van der Waals surface area (Å²) in [6.45, 7) is 9.31. The summed E-state index contributed by atoms with van der Waals surface area (Å²) in [5.74, 6) is 0.139. The Bertz CT molecular complexity index is 329. The summed E-state index contributed by atoms with van der Waals surface area (Å²) in [5.41, 5.74) is 0. The van der Waals surface area contributed by atoms with Crippen LogP contribution in [0.4, 0.5) is 0 Å². The van der Waals surface area contributed by atoms with Crippen molar-refractivity contribution in [2.24, 2.45) is 0 Å². The third-order valence-electron chi connectivity index (χ3n) is 2.99. The molecule has 114 valence electrons. The van der Waals surface area contributed by atoms with Crippen molar-refractivity contribution in [1.29, 1.82) is 0 Å². The second-order valence-corrected chi connectivity index (χ2v) is 6.87. The molecule has 0 radical (unpaired) electrons. The molecular formula is C12H27N3O3S. The van der Waals surface area contributed by atoms with Crippen molar-refractivity contribution in [3.63, 3.8) is 0 Å². The summed E-state index contributed by atoms with van der Waals surface area (Å²) in [6, 6.07) is -0.0609. The highest BCUT2D eigenvalue weighted by Gasteiger charge is 2.18. The zero-order valence-corrected chi connectivity index (χ0v) is 12.8. The van der Waals surface area contributed by atoms with Crippen LogP contribution in [-0.4, -0.2) is 71.0 Å². The fourth-order valence-electron chi connectivity index (χ4n) is 2.08. The number of hydrogen-bond acceptors (Lipinski definition) is 5. The van der Waals surface area contributed by atoms with Crippen molar-refractivity contribution in [1.82, 2.24) is 14.9 Å². The number of rotatable bonds is 9. The lowest BCUT2D eigenvalue weighted by Crippen LogP contribution is -2.47. The van der Waals surface area contributed by atoms with E-state index >= 15 is 0 Å². The Morgan fingerprint density at radius 2 is 1.95 bits per heavy atom. The molecule has 2 N–H and O–H groups in total. The van der Waals surface area contributed by atoms with Gasteiger partial charge in [-0.3, -0.25) is 4.90 Å². The number of nitrogens with zero attached hydrogens (tertiary/aromatic N) is 1. The predicted molar refractivity (Wildman–Crippen MR) is 76.8 cm³/mol. The van der Waals surface area contributed by atoms with Crippen LogP contribution in [0.3, 0.4) is 0 Å². The van der Waals surface area contributed by atoms with Gasteiger partial charge in [0.1, 0.15) is 0 Å². The van der Waals surface area contributed by atoms with Crippen molar-refractivity contribution in [2.45, 2.75) is 26.3 Å². The maximum Gasteiger partial charge on any atom is 0.213 e. The number of morpholine rings is 1. The quantitative estimate of drug-likeness (QED) is 0.568. The number of ether oxygens (including phenoxy) is 1. The molecule has 1 rings (SSSR count). The second kappa shape index (κ2) is 8.86. The Morgan fingerprint density at radius 3 is 2.58 bits per heavy atom. The summed E-state index contributed by atoms with van der Waals surface area (Å²) in [6.07, 6.45) is 1.01. The van der Waals surface area contributed by atoms with Gasteiger partial charge in [0.2, 0.25) is 10.0 Å². The summed E-state index contributed by atoms with van der Waals surface area (Å²) in [7, 11) is -3.18. The molecule has 1 atom stereocenters. The van der Waals surface area contributed by atoms with Crippen LogP contribution >= 0.6 is 0 Å². The minimum Gasteiger partial charge on any atom is -0.379 e. The van der Waals surface area contributed by atoms with Gasteiger partial charge in [-0.25, -0.2) is 13.1 Å². The van der Waals surface area contributed by atoms with E-state index in [1.807, 2.05) is 6.92 Å². The summed E-state index contributed by atoms with van der Waals surface area (Å²) < 4.78 is 31.7. The minimum atomic E-state index is -3.18. The van der Waals surface area contributed by atoms with Gasteiger partial charge in [-0.05, 0) is 19.9 Å². The molecule has 0 saturated carbocycles. The summed E-state index contributed by atoms with van der Waals surface area (Å²) in [4.78, 5) is 2.23. The van der Waals surface area contributed by atoms with Gasteiger partial charge in [-0.15, -0.1) is 0 Å². The van der Waals surface area contributed by atoms with Crippen molar-refractivity contribution in [3.05, 3.63) is 0 Å². The highest BCUT2D eigenvalue weighted by molar-refractivity contribution is 7.89. The molecule has 0 bridgehead atoms. The van der Waals surface area contributed by atoms with Crippen LogP contribution in [0.1, 0.15) is 20.3 Å². The van der Waals surface area contributed by atoms with E-state index in [1.165, 1.54) is 0 Å². The van der Waals surface area contributed by atoms with Crippen LogP contribution in [0.5, 0.6) is 0 Å². The maximum absolute atomic E-state index is 11.9. The zero-order valence-electron chi connectivity index (χ0n) is 12.0. The van der Waals surface area contributed by atoms with Crippen LogP contribution < -0.4 is 10.0 Å². The van der Waals surface area contributed by atoms with Gasteiger partial charge >= 0.3 is 0 Å². The van der Waals surface area contributed by atoms with Crippen molar-refractivity contribution >= 4 is 10.0 Å². The molecule has 1 saturated heterocycles. The van der Waals surface area contributed by atoms with Crippen molar-refractivity contribution in [3.8, 4) is 0 Å². The molecule has 1 aliphatic rings. The molecule has 0 aromatic heterocycles. The topological polar surface area (TPSA) is 70.7 Å². The third kappa shape index (κ3) is 7.84. The first-order valence-electron chi connectivity index (χ1n) is 7.04. The molecule has 7 heteroatoms. The van der Waals surface area contributed by atoms with Crippen molar-refractivity contribution < 1.29 is 13.2 Å². The number of hydrogen-bond donors (Lipinski definition) is 2. The van der Waals surface area contributed by atoms with Crippen LogP contribution in [0, 0.1) is 0 Å². The molecule has 19 heavy (non-hydrogen) atoms. The smallest absolute Gasteiger partial charge is 0.213 e. The third-order valence-corrected chi connectivity index (χ3v) is 4.49. The largest absolute Gasteiger partial charge is 0.379 e. The SMILES string of the molecule is CCCNCCS(=O)(=O)NC(C)CN1CCOCC1. The molecule has 0 aliphatic carbocycles. The average molecular weight is 293 g/mol. The van der Waals surface area contributed by atoms with E-state index in [0.29, 0.717) is 6.54 Å². The molecular weight excluding hydrogens is 266 g/mol. The van der Waals surface area contributed by atoms with E-state index in [0.717, 1.165) is 45.8 Å². The first-order valence-corrected chi connectivity index (χ1v) is 8.69. The molecule has 1 unspecified atom stereocenters. The van der Waals surface area contributed by atoms with Gasteiger partial charge in [0.15, 0.2) is 0 Å². The van der Waals surface area contributed by atoms with E-state index < -0.39 is 10.0 Å². The summed E-state index contributed by atoms with van der Waals surface area (Å²) in [5, 5.41) is 3.10. The molecule has 1 aliphatic heterocycles. The van der Waals surface area contributed by atoms with E-state index in [2.05, 4.69) is 21.9 Å². The second-order valence-electron chi connectivity index (χ2n) is 5.00. The number of nitrogens with one attached hydrogen (secondary N) is 2. The fraction of sp³-hybridized carbons (Fsp3) is 1.00. The lowest BCUT2D eigenvalue weighted by molar-refractivity contribution is 0.0354. The Kier molecular flexibility index (Phi) is 7.86. The van der Waals surface area contributed by atoms with E-state index in [4.69, 9.17) is 4.74 Å². The molecule has 6 nitrogen and oxygen atoms in total. The Hall–Kier alpha value is -0.210. The first kappa shape index (κ1) is 16.8. The van der Waals surface area contributed by atoms with E-state index in [1.54, 1.807) is 0 Å². The molecule has 0 spiro atoms. The normalized spacial score (nSPS) is 19.5. The average Bonchev–Trinajstić information content (AvgIpc) is 2.35. The highest BCUT2D eigenvalue weighted by Crippen LogP contribution is 1.99. The predicted octanol–water partition coefficient (Wildman–Crippen LogP) is -0.374. The standard InChI is InChI=1S/C12H27N3O3S/c1-3-4-13-5-10-19(16,17)14-12(2)11-15-6-8-18-9-7-15/h12-14H,3-11H2,1-2H3. The van der Waals surface area contributed by atoms with Gasteiger partial charge in [0.05, 0.1) is 19.0 Å². The molecule has 1 heterocycles. The van der Waals surface area contributed by atoms with Crippen LogP contribution in [0.2, 0.25) is 0 Å². The van der Waals surface area contributed by atoms with Gasteiger partial charge < -0.3 is 10.1 Å². The molecule has 0 aromatic rings. The Balaban J connectivity index is 2.23. The van der Waals surface area contributed by atoms with E-state index in [-0.39, 0.29) is 11.8 Å². The minimum absolute atomic E-state index is 0.0609. The van der Waals surface area contributed by atoms with Gasteiger partial charge in [-0.1, -0.05) is 6.92 Å². The Labute approximate surface area is 116 Å². The zero-order chi connectivity index (χ0) is 14.1. The van der Waals surface area contributed by atoms with Crippen LogP contribution in [0.15, 0.2) is 0 Å². The number of sulfonamides is 1. The lowest BCUT2D eigenvalue weighted by Gasteiger charge is -2.29. The maximum atomic E-state index is 11.9. The first-order chi connectivity index (χ1) is 9.03. The van der Waals surface area contributed by atoms with Crippen molar-refractivity contribution in [2.75, 3.05) is 51.7 Å². The van der Waals surface area contributed by atoms with E-state index in [9.17, 15) is 8.42 Å². The van der Waals surface area contributed by atoms with Gasteiger partial charge in [0.25, 0.3) is 0 Å². The lowest BCUT2D eigenvalue weighted by atomic mass is 10.3. The Morgan fingerprint density at radius 1 is 1.26 bits per heavy atom. The van der Waals surface area contributed by atoms with Crippen LogP contribution in [-0.2, 0) is 14.8 Å². The molecule has 0 aromatic carbocycles. The highest BCUT2D eigenvalue weighted by atomic mass is 32.2. The van der Waals surface area contributed by atoms with Gasteiger partial charge in [0, 0.05) is 32.2 Å². The monoisotopic (exact) mass is 293 g/mol. The molecule has 1 fully saturated rings. The van der Waals surface area contributed by atoms with Crippen LogP contribution in [0.25, 0.3) is 0 Å². The summed E-state index contributed by atoms with van der Waals surface area (Å²) >= 11 is 0.